The molecule has 0 aliphatic heterocycles. The summed E-state index contributed by atoms with van der Waals surface area (Å²) < 4.78 is 4.01. The van der Waals surface area contributed by atoms with Crippen LogP contribution in [0.25, 0.3) is 0 Å². The van der Waals surface area contributed by atoms with E-state index in [2.05, 4.69) is 14.6 Å². The molecule has 2 N–H and O–H groups in total. The maximum absolute atomic E-state index is 5.51. The molecule has 0 atom stereocenters. The van der Waals surface area contributed by atoms with Crippen LogP contribution in [0, 0.1) is 6.92 Å². The maximum Gasteiger partial charge on any atom is 0.105 e. The van der Waals surface area contributed by atoms with Crippen molar-refractivity contribution in [1.82, 2.24) is 19.3 Å². The summed E-state index contributed by atoms with van der Waals surface area (Å²) in [4.78, 5) is 4.16. The van der Waals surface area contributed by atoms with Crippen molar-refractivity contribution in [2.45, 2.75) is 26.6 Å². The van der Waals surface area contributed by atoms with Crippen LogP contribution in [0.4, 0.5) is 0 Å². The van der Waals surface area contributed by atoms with Crippen LogP contribution < -0.4 is 5.73 Å². The van der Waals surface area contributed by atoms with E-state index in [1.807, 2.05) is 30.2 Å². The first-order chi connectivity index (χ1) is 7.29. The van der Waals surface area contributed by atoms with Gasteiger partial charge in [0.25, 0.3) is 0 Å². The Bertz CT molecular complexity index is 428. The monoisotopic (exact) mass is 205 g/mol. The van der Waals surface area contributed by atoms with E-state index in [1.54, 1.807) is 6.20 Å². The van der Waals surface area contributed by atoms with Gasteiger partial charge in [-0.2, -0.15) is 5.10 Å². The molecule has 0 spiro atoms. The summed E-state index contributed by atoms with van der Waals surface area (Å²) in [5.41, 5.74) is 6.58. The molecule has 0 saturated heterocycles. The van der Waals surface area contributed by atoms with Gasteiger partial charge in [0.05, 0.1) is 12.7 Å². The number of aromatic nitrogens is 4. The van der Waals surface area contributed by atoms with Crippen molar-refractivity contribution in [3.8, 4) is 0 Å². The van der Waals surface area contributed by atoms with Gasteiger partial charge < -0.3 is 10.3 Å². The van der Waals surface area contributed by atoms with E-state index in [-0.39, 0.29) is 0 Å². The summed E-state index contributed by atoms with van der Waals surface area (Å²) in [6.45, 7) is 4.27. The van der Waals surface area contributed by atoms with Gasteiger partial charge in [-0.15, -0.1) is 0 Å². The summed E-state index contributed by atoms with van der Waals surface area (Å²) in [5.74, 6) is 1.03. The minimum absolute atomic E-state index is 0.546. The molecule has 2 rings (SSSR count). The lowest BCUT2D eigenvalue weighted by Crippen LogP contribution is -2.08. The molecule has 2 aromatic heterocycles. The topological polar surface area (TPSA) is 61.7 Å². The predicted molar refractivity (Wildman–Crippen MR) is 57.1 cm³/mol. The van der Waals surface area contributed by atoms with Gasteiger partial charge in [0.15, 0.2) is 0 Å². The SMILES string of the molecule is Cc1nccn1CCn1cc(CN)cn1. The normalized spacial score (nSPS) is 10.8. The fraction of sp³-hybridized carbons (Fsp3) is 0.400. The lowest BCUT2D eigenvalue weighted by atomic mass is 10.4. The Morgan fingerprint density at radius 2 is 2.27 bits per heavy atom. The molecule has 0 aromatic carbocycles. The van der Waals surface area contributed by atoms with Crippen LogP contribution in [-0.4, -0.2) is 19.3 Å². The third-order valence-corrected chi connectivity index (χ3v) is 2.42. The summed E-state index contributed by atoms with van der Waals surface area (Å²) in [6, 6.07) is 0. The molecular formula is C10H15N5. The van der Waals surface area contributed by atoms with Crippen molar-refractivity contribution in [2.24, 2.45) is 5.73 Å². The molecule has 0 unspecified atom stereocenters. The molecule has 5 nitrogen and oxygen atoms in total. The van der Waals surface area contributed by atoms with Gasteiger partial charge >= 0.3 is 0 Å². The number of aryl methyl sites for hydroxylation is 3. The first-order valence-corrected chi connectivity index (χ1v) is 4.98. The Balaban J connectivity index is 1.96. The largest absolute Gasteiger partial charge is 0.333 e. The molecule has 2 heterocycles. The molecule has 0 aliphatic carbocycles. The van der Waals surface area contributed by atoms with Crippen molar-refractivity contribution in [1.29, 1.82) is 0 Å². The molecule has 80 valence electrons. The maximum atomic E-state index is 5.51. The number of nitrogens with zero attached hydrogens (tertiary/aromatic N) is 4. The zero-order chi connectivity index (χ0) is 10.7. The number of hydrogen-bond donors (Lipinski definition) is 1. The highest BCUT2D eigenvalue weighted by atomic mass is 15.3. The van der Waals surface area contributed by atoms with E-state index in [9.17, 15) is 0 Å². The van der Waals surface area contributed by atoms with Crippen molar-refractivity contribution in [2.75, 3.05) is 0 Å². The second-order valence-corrected chi connectivity index (χ2v) is 3.48. The van der Waals surface area contributed by atoms with Crippen molar-refractivity contribution in [3.05, 3.63) is 36.2 Å². The summed E-state index contributed by atoms with van der Waals surface area (Å²) in [5, 5.41) is 4.22. The second-order valence-electron chi connectivity index (χ2n) is 3.48. The molecule has 0 radical (unpaired) electrons. The first-order valence-electron chi connectivity index (χ1n) is 4.98. The molecular weight excluding hydrogens is 190 g/mol. The quantitative estimate of drug-likeness (QED) is 0.792. The zero-order valence-electron chi connectivity index (χ0n) is 8.80. The number of imidazole rings is 1. The van der Waals surface area contributed by atoms with Crippen LogP contribution in [0.1, 0.15) is 11.4 Å². The number of nitrogens with two attached hydrogens (primary N) is 1. The van der Waals surface area contributed by atoms with Gasteiger partial charge in [-0.1, -0.05) is 0 Å². The van der Waals surface area contributed by atoms with E-state index in [4.69, 9.17) is 5.73 Å². The third-order valence-electron chi connectivity index (χ3n) is 2.42. The van der Waals surface area contributed by atoms with Crippen LogP contribution >= 0.6 is 0 Å². The van der Waals surface area contributed by atoms with Crippen molar-refractivity contribution >= 4 is 0 Å². The van der Waals surface area contributed by atoms with E-state index in [0.717, 1.165) is 24.5 Å². The Kier molecular flexibility index (Phi) is 2.82. The Labute approximate surface area is 88.5 Å². The first kappa shape index (κ1) is 9.92. The minimum Gasteiger partial charge on any atom is -0.333 e. The van der Waals surface area contributed by atoms with Crippen LogP contribution in [0.2, 0.25) is 0 Å². The molecule has 0 fully saturated rings. The number of hydrogen-bond acceptors (Lipinski definition) is 3. The Morgan fingerprint density at radius 3 is 2.87 bits per heavy atom. The number of rotatable bonds is 4. The van der Waals surface area contributed by atoms with Gasteiger partial charge in [-0.05, 0) is 6.92 Å². The Hall–Kier alpha value is -1.62. The van der Waals surface area contributed by atoms with Crippen LogP contribution in [0.3, 0.4) is 0 Å². The van der Waals surface area contributed by atoms with Crippen molar-refractivity contribution in [3.63, 3.8) is 0 Å². The fourth-order valence-corrected chi connectivity index (χ4v) is 1.48. The molecule has 0 bridgehead atoms. The lowest BCUT2D eigenvalue weighted by Gasteiger charge is -2.04. The van der Waals surface area contributed by atoms with Gasteiger partial charge in [-0.3, -0.25) is 4.68 Å². The van der Waals surface area contributed by atoms with Crippen LogP contribution in [0.15, 0.2) is 24.8 Å². The van der Waals surface area contributed by atoms with Gasteiger partial charge in [0.1, 0.15) is 5.82 Å². The standard InChI is InChI=1S/C10H15N5/c1-9-12-2-3-14(9)4-5-15-8-10(6-11)7-13-15/h2-3,7-8H,4-6,11H2,1H3. The Morgan fingerprint density at radius 1 is 1.40 bits per heavy atom. The second kappa shape index (κ2) is 4.27. The molecule has 2 aromatic rings. The van der Waals surface area contributed by atoms with Crippen LogP contribution in [0.5, 0.6) is 0 Å². The van der Waals surface area contributed by atoms with Crippen molar-refractivity contribution < 1.29 is 0 Å². The summed E-state index contributed by atoms with van der Waals surface area (Å²) >= 11 is 0. The van der Waals surface area contributed by atoms with E-state index >= 15 is 0 Å². The fourth-order valence-electron chi connectivity index (χ4n) is 1.48. The molecule has 15 heavy (non-hydrogen) atoms. The van der Waals surface area contributed by atoms with E-state index in [1.165, 1.54) is 0 Å². The average molecular weight is 205 g/mol. The molecule has 5 heteroatoms. The lowest BCUT2D eigenvalue weighted by molar-refractivity contribution is 0.525. The zero-order valence-corrected chi connectivity index (χ0v) is 8.80. The predicted octanol–water partition coefficient (Wildman–Crippen LogP) is 0.547. The van der Waals surface area contributed by atoms with Gasteiger partial charge in [-0.25, -0.2) is 4.98 Å². The van der Waals surface area contributed by atoms with E-state index in [0.29, 0.717) is 6.54 Å². The molecule has 0 aliphatic rings. The summed E-state index contributed by atoms with van der Waals surface area (Å²) in [6.07, 6.45) is 7.57. The summed E-state index contributed by atoms with van der Waals surface area (Å²) in [7, 11) is 0. The third kappa shape index (κ3) is 2.24. The van der Waals surface area contributed by atoms with Crippen LogP contribution in [-0.2, 0) is 19.6 Å². The van der Waals surface area contributed by atoms with Gasteiger partial charge in [0.2, 0.25) is 0 Å². The van der Waals surface area contributed by atoms with E-state index < -0.39 is 0 Å². The highest BCUT2D eigenvalue weighted by Gasteiger charge is 1.99. The minimum atomic E-state index is 0.546. The van der Waals surface area contributed by atoms with Gasteiger partial charge in [0, 0.05) is 37.2 Å². The molecule has 0 amide bonds. The molecule has 0 saturated carbocycles. The average Bonchev–Trinajstić information content (AvgIpc) is 2.84. The highest BCUT2D eigenvalue weighted by Crippen LogP contribution is 1.99. The highest BCUT2D eigenvalue weighted by molar-refractivity contribution is 5.02. The smallest absolute Gasteiger partial charge is 0.105 e.